The summed E-state index contributed by atoms with van der Waals surface area (Å²) in [6, 6.07) is 0. The number of piperidine rings is 1. The van der Waals surface area contributed by atoms with E-state index in [0.717, 1.165) is 25.9 Å². The molecule has 1 unspecified atom stereocenters. The summed E-state index contributed by atoms with van der Waals surface area (Å²) in [4.78, 5) is 30.0. The fourth-order valence-electron chi connectivity index (χ4n) is 2.22. The first-order valence-electron chi connectivity index (χ1n) is 6.44. The third-order valence-electron chi connectivity index (χ3n) is 3.30. The Morgan fingerprint density at radius 3 is 2.75 bits per heavy atom. The molecule has 1 aromatic heterocycles. The zero-order chi connectivity index (χ0) is 14.7. The standard InChI is InChI=1S/C13H18N2O4S/c1-8(16)11-10(12(17)19-3)14-13(20-11)15-6-4-5-9(7-15)18-2/h9H,4-7H2,1-3H3. The fraction of sp³-hybridized carbons (Fsp3) is 0.615. The molecule has 2 rings (SSSR count). The van der Waals surface area contributed by atoms with Crippen LogP contribution in [0.4, 0.5) is 5.13 Å². The van der Waals surface area contributed by atoms with Gasteiger partial charge in [0.05, 0.1) is 13.2 Å². The number of carbonyl (C=O) groups excluding carboxylic acids is 2. The minimum absolute atomic E-state index is 0.111. The lowest BCUT2D eigenvalue weighted by molar-refractivity contribution is 0.0591. The maximum Gasteiger partial charge on any atom is 0.358 e. The number of ether oxygens (including phenoxy) is 2. The van der Waals surface area contributed by atoms with Gasteiger partial charge in [-0.05, 0) is 12.8 Å². The molecule has 1 fully saturated rings. The Bertz CT molecular complexity index is 514. The monoisotopic (exact) mass is 298 g/mol. The van der Waals surface area contributed by atoms with Crippen LogP contribution in [0.2, 0.25) is 0 Å². The summed E-state index contributed by atoms with van der Waals surface area (Å²) in [5, 5.41) is 0.678. The summed E-state index contributed by atoms with van der Waals surface area (Å²) in [6.45, 7) is 3.01. The Morgan fingerprint density at radius 1 is 1.40 bits per heavy atom. The number of methoxy groups -OCH3 is 2. The average molecular weight is 298 g/mol. The van der Waals surface area contributed by atoms with Crippen molar-refractivity contribution in [1.29, 1.82) is 0 Å². The van der Waals surface area contributed by atoms with Crippen LogP contribution in [0.25, 0.3) is 0 Å². The molecule has 0 aliphatic carbocycles. The lowest BCUT2D eigenvalue weighted by Gasteiger charge is -2.31. The van der Waals surface area contributed by atoms with Gasteiger partial charge in [-0.25, -0.2) is 9.78 Å². The van der Waals surface area contributed by atoms with Gasteiger partial charge >= 0.3 is 5.97 Å². The van der Waals surface area contributed by atoms with Gasteiger partial charge < -0.3 is 14.4 Å². The number of aromatic nitrogens is 1. The van der Waals surface area contributed by atoms with E-state index in [-0.39, 0.29) is 17.6 Å². The number of anilines is 1. The first-order chi connectivity index (χ1) is 9.56. The molecular weight excluding hydrogens is 280 g/mol. The third-order valence-corrected chi connectivity index (χ3v) is 4.51. The zero-order valence-electron chi connectivity index (χ0n) is 11.8. The molecule has 1 saturated heterocycles. The zero-order valence-corrected chi connectivity index (χ0v) is 12.7. The van der Waals surface area contributed by atoms with Crippen LogP contribution in [0.1, 0.15) is 39.9 Å². The maximum atomic E-state index is 11.7. The molecule has 0 aromatic carbocycles. The van der Waals surface area contributed by atoms with Crippen molar-refractivity contribution in [3.8, 4) is 0 Å². The number of hydrogen-bond donors (Lipinski definition) is 0. The van der Waals surface area contributed by atoms with Crippen LogP contribution in [0.5, 0.6) is 0 Å². The highest BCUT2D eigenvalue weighted by molar-refractivity contribution is 7.17. The predicted molar refractivity (Wildman–Crippen MR) is 75.7 cm³/mol. The van der Waals surface area contributed by atoms with Crippen molar-refractivity contribution in [2.24, 2.45) is 0 Å². The fourth-order valence-corrected chi connectivity index (χ4v) is 3.21. The minimum atomic E-state index is -0.571. The molecule has 2 heterocycles. The topological polar surface area (TPSA) is 68.7 Å². The number of nitrogens with zero attached hydrogens (tertiary/aromatic N) is 2. The second-order valence-corrected chi connectivity index (χ2v) is 5.65. The number of thiazole rings is 1. The van der Waals surface area contributed by atoms with E-state index in [1.807, 2.05) is 0 Å². The molecule has 110 valence electrons. The molecule has 0 radical (unpaired) electrons. The van der Waals surface area contributed by atoms with E-state index in [2.05, 4.69) is 14.6 Å². The SMILES string of the molecule is COC(=O)c1nc(N2CCCC(OC)C2)sc1C(C)=O. The van der Waals surface area contributed by atoms with Crippen molar-refractivity contribution in [2.75, 3.05) is 32.2 Å². The number of Topliss-reactive ketones (excluding diaryl/α,β-unsaturated/α-hetero) is 1. The van der Waals surface area contributed by atoms with Gasteiger partial charge in [-0.3, -0.25) is 4.79 Å². The number of rotatable bonds is 4. The van der Waals surface area contributed by atoms with Crippen LogP contribution in [0.15, 0.2) is 0 Å². The molecule has 20 heavy (non-hydrogen) atoms. The number of carbonyl (C=O) groups is 2. The van der Waals surface area contributed by atoms with Crippen LogP contribution in [-0.2, 0) is 9.47 Å². The smallest absolute Gasteiger partial charge is 0.358 e. The quantitative estimate of drug-likeness (QED) is 0.623. The van der Waals surface area contributed by atoms with Gasteiger partial charge in [0, 0.05) is 27.1 Å². The van der Waals surface area contributed by atoms with Crippen LogP contribution < -0.4 is 4.90 Å². The van der Waals surface area contributed by atoms with Crippen molar-refractivity contribution in [3.63, 3.8) is 0 Å². The molecule has 7 heteroatoms. The summed E-state index contributed by atoms with van der Waals surface area (Å²) in [7, 11) is 2.98. The molecular formula is C13H18N2O4S. The van der Waals surface area contributed by atoms with Crippen LogP contribution in [0, 0.1) is 0 Å². The number of hydrogen-bond acceptors (Lipinski definition) is 7. The van der Waals surface area contributed by atoms with E-state index in [4.69, 9.17) is 4.74 Å². The highest BCUT2D eigenvalue weighted by atomic mass is 32.1. The summed E-state index contributed by atoms with van der Waals surface area (Å²) in [5.41, 5.74) is 0.111. The lowest BCUT2D eigenvalue weighted by atomic mass is 10.1. The van der Waals surface area contributed by atoms with Gasteiger partial charge in [0.2, 0.25) is 0 Å². The summed E-state index contributed by atoms with van der Waals surface area (Å²) in [6.07, 6.45) is 2.18. The summed E-state index contributed by atoms with van der Waals surface area (Å²) < 4.78 is 10.1. The van der Waals surface area contributed by atoms with E-state index >= 15 is 0 Å². The Hall–Kier alpha value is -1.47. The van der Waals surface area contributed by atoms with Gasteiger partial charge in [0.25, 0.3) is 0 Å². The van der Waals surface area contributed by atoms with Crippen LogP contribution in [0.3, 0.4) is 0 Å². The molecule has 0 bridgehead atoms. The van der Waals surface area contributed by atoms with Crippen LogP contribution in [-0.4, -0.2) is 50.1 Å². The number of ketones is 1. The highest BCUT2D eigenvalue weighted by Crippen LogP contribution is 2.29. The molecule has 6 nitrogen and oxygen atoms in total. The lowest BCUT2D eigenvalue weighted by Crippen LogP contribution is -2.39. The first-order valence-corrected chi connectivity index (χ1v) is 7.26. The van der Waals surface area contributed by atoms with Crippen molar-refractivity contribution in [1.82, 2.24) is 4.98 Å². The molecule has 1 aliphatic rings. The van der Waals surface area contributed by atoms with Gasteiger partial charge in [0.1, 0.15) is 4.88 Å². The first kappa shape index (κ1) is 14.9. The van der Waals surface area contributed by atoms with Crippen molar-refractivity contribution < 1.29 is 19.1 Å². The molecule has 0 N–H and O–H groups in total. The van der Waals surface area contributed by atoms with Gasteiger partial charge in [-0.2, -0.15) is 0 Å². The highest BCUT2D eigenvalue weighted by Gasteiger charge is 2.27. The molecule has 1 aliphatic heterocycles. The van der Waals surface area contributed by atoms with Crippen LogP contribution >= 0.6 is 11.3 Å². The van der Waals surface area contributed by atoms with E-state index in [1.165, 1.54) is 25.4 Å². The van der Waals surface area contributed by atoms with Crippen molar-refractivity contribution >= 4 is 28.2 Å². The van der Waals surface area contributed by atoms with E-state index in [1.54, 1.807) is 7.11 Å². The second-order valence-electron chi connectivity index (χ2n) is 4.67. The van der Waals surface area contributed by atoms with Crippen molar-refractivity contribution in [3.05, 3.63) is 10.6 Å². The Balaban J connectivity index is 2.28. The Kier molecular flexibility index (Phi) is 4.72. The van der Waals surface area contributed by atoms with E-state index in [0.29, 0.717) is 10.0 Å². The third kappa shape index (κ3) is 2.99. The Morgan fingerprint density at radius 2 is 2.15 bits per heavy atom. The van der Waals surface area contributed by atoms with Gasteiger partial charge in [-0.15, -0.1) is 0 Å². The predicted octanol–water partition coefficient (Wildman–Crippen LogP) is 1.75. The maximum absolute atomic E-state index is 11.7. The summed E-state index contributed by atoms with van der Waals surface area (Å²) >= 11 is 1.24. The summed E-state index contributed by atoms with van der Waals surface area (Å²) in [5.74, 6) is -0.743. The Labute approximate surface area is 121 Å². The van der Waals surface area contributed by atoms with Gasteiger partial charge in [-0.1, -0.05) is 11.3 Å². The van der Waals surface area contributed by atoms with E-state index in [9.17, 15) is 9.59 Å². The molecule has 1 aromatic rings. The molecule has 0 spiro atoms. The van der Waals surface area contributed by atoms with E-state index < -0.39 is 5.97 Å². The molecule has 1 atom stereocenters. The molecule has 0 amide bonds. The largest absolute Gasteiger partial charge is 0.464 e. The number of esters is 1. The second kappa shape index (κ2) is 6.32. The average Bonchev–Trinajstić information content (AvgIpc) is 2.92. The van der Waals surface area contributed by atoms with Crippen molar-refractivity contribution in [2.45, 2.75) is 25.9 Å². The molecule has 0 saturated carbocycles. The minimum Gasteiger partial charge on any atom is -0.464 e. The van der Waals surface area contributed by atoms with Gasteiger partial charge in [0.15, 0.2) is 16.6 Å². The normalized spacial score (nSPS) is 18.9.